The zero-order valence-corrected chi connectivity index (χ0v) is 19.1. The van der Waals surface area contributed by atoms with E-state index in [0.29, 0.717) is 22.9 Å². The smallest absolute Gasteiger partial charge is 0.336 e. The van der Waals surface area contributed by atoms with E-state index in [1.165, 1.54) is 17.2 Å². The van der Waals surface area contributed by atoms with Gasteiger partial charge in [-0.1, -0.05) is 12.6 Å². The van der Waals surface area contributed by atoms with Crippen molar-refractivity contribution in [3.05, 3.63) is 95.7 Å². The van der Waals surface area contributed by atoms with Crippen LogP contribution in [0.15, 0.2) is 66.9 Å². The van der Waals surface area contributed by atoms with Gasteiger partial charge in [-0.25, -0.2) is 4.98 Å². The second-order valence-corrected chi connectivity index (χ2v) is 8.34. The second kappa shape index (κ2) is 9.32. The fourth-order valence-corrected chi connectivity index (χ4v) is 3.20. The van der Waals surface area contributed by atoms with Crippen LogP contribution in [-0.2, 0) is 5.41 Å². The average Bonchev–Trinajstić information content (AvgIpc) is 2.76. The Morgan fingerprint density at radius 2 is 1.68 bits per heavy atom. The second-order valence-electron chi connectivity index (χ2n) is 8.34. The first-order chi connectivity index (χ1) is 15.8. The maximum atomic E-state index is 14.3. The van der Waals surface area contributed by atoms with Gasteiger partial charge >= 0.3 is 6.18 Å². The summed E-state index contributed by atoms with van der Waals surface area (Å²) in [5.41, 5.74) is 0.629. The number of halogens is 5. The molecule has 4 nitrogen and oxygen atoms in total. The topological polar surface area (TPSA) is 41.9 Å². The van der Waals surface area contributed by atoms with Crippen molar-refractivity contribution >= 4 is 5.82 Å². The minimum Gasteiger partial charge on any atom is -0.336 e. The lowest BCUT2D eigenvalue weighted by molar-refractivity contribution is -0.0878. The molecule has 9 heteroatoms. The maximum absolute atomic E-state index is 14.3. The summed E-state index contributed by atoms with van der Waals surface area (Å²) in [5, 5.41) is 0. The Bertz CT molecular complexity index is 1250. The highest BCUT2D eigenvalue weighted by atomic mass is 19.4. The molecule has 0 bridgehead atoms. The van der Waals surface area contributed by atoms with Crippen molar-refractivity contribution in [1.82, 2.24) is 15.0 Å². The van der Waals surface area contributed by atoms with Crippen LogP contribution in [0.4, 0.5) is 27.8 Å². The van der Waals surface area contributed by atoms with Crippen LogP contribution < -0.4 is 4.90 Å². The summed E-state index contributed by atoms with van der Waals surface area (Å²) in [6.07, 6.45) is -2.40. The van der Waals surface area contributed by atoms with Crippen LogP contribution in [-0.4, -0.2) is 28.2 Å². The van der Waals surface area contributed by atoms with Gasteiger partial charge in [0, 0.05) is 24.2 Å². The molecule has 0 fully saturated rings. The number of hydrogen-bond acceptors (Lipinski definition) is 4. The number of hydrogen-bond donors (Lipinski definition) is 0. The van der Waals surface area contributed by atoms with E-state index in [-0.39, 0.29) is 5.56 Å². The molecular formula is C25H23F5N4. The molecule has 3 aromatic heterocycles. The van der Waals surface area contributed by atoms with Gasteiger partial charge in [0.05, 0.1) is 22.6 Å². The molecule has 0 N–H and O–H groups in total. The van der Waals surface area contributed by atoms with E-state index >= 15 is 0 Å². The van der Waals surface area contributed by atoms with E-state index in [2.05, 4.69) is 21.5 Å². The van der Waals surface area contributed by atoms with Crippen LogP contribution in [0, 0.1) is 18.8 Å². The molecule has 0 saturated heterocycles. The third kappa shape index (κ3) is 5.47. The molecule has 3 aromatic rings. The minimum absolute atomic E-state index is 0.0682. The van der Waals surface area contributed by atoms with Crippen molar-refractivity contribution in [1.29, 1.82) is 0 Å². The summed E-state index contributed by atoms with van der Waals surface area (Å²) in [5.74, 6) is -1.47. The van der Waals surface area contributed by atoms with Crippen LogP contribution in [0.25, 0.3) is 11.3 Å². The molecule has 0 aliphatic rings. The Morgan fingerprint density at radius 1 is 0.971 bits per heavy atom. The van der Waals surface area contributed by atoms with Crippen LogP contribution in [0.5, 0.6) is 0 Å². The number of pyridine rings is 3. The van der Waals surface area contributed by atoms with E-state index in [1.807, 2.05) is 26.8 Å². The molecule has 0 amide bonds. The predicted octanol–water partition coefficient (Wildman–Crippen LogP) is 6.52. The molecule has 0 radical (unpaired) electrons. The van der Waals surface area contributed by atoms with Crippen molar-refractivity contribution in [3.8, 4) is 11.3 Å². The monoisotopic (exact) mass is 474 g/mol. The van der Waals surface area contributed by atoms with Gasteiger partial charge in [-0.2, -0.15) is 26.9 Å². The lowest BCUT2D eigenvalue weighted by atomic mass is 9.84. The van der Waals surface area contributed by atoms with Crippen molar-refractivity contribution < 1.29 is 22.0 Å². The molecule has 178 valence electrons. The molecule has 0 unspecified atom stereocenters. The average molecular weight is 474 g/mol. The van der Waals surface area contributed by atoms with Crippen LogP contribution in [0.1, 0.15) is 30.8 Å². The molecule has 0 aliphatic heterocycles. The number of allylic oxidation sites excluding steroid dienone is 2. The Balaban J connectivity index is 1.97. The lowest BCUT2D eigenvalue weighted by Gasteiger charge is -2.26. The van der Waals surface area contributed by atoms with Gasteiger partial charge in [-0.05, 0) is 68.8 Å². The Morgan fingerprint density at radius 3 is 2.32 bits per heavy atom. The highest BCUT2D eigenvalue weighted by Crippen LogP contribution is 2.33. The van der Waals surface area contributed by atoms with Gasteiger partial charge in [0.15, 0.2) is 0 Å². The van der Waals surface area contributed by atoms with E-state index in [9.17, 15) is 22.0 Å². The Labute approximate surface area is 194 Å². The fraction of sp³-hybridized carbons (Fsp3) is 0.240. The first-order valence-corrected chi connectivity index (χ1v) is 10.3. The standard InChI is InChI=1S/C25H23F5N4/c1-15-13-18(17-9-10-21(26)33-23(17)27)31-20(14-15)24(3,4)19-7-6-8-22(32-19)34(5)12-11-16(2)25(28,29)30/h6-14H,2H2,1,3-5H3/b12-11-. The van der Waals surface area contributed by atoms with Crippen LogP contribution in [0.2, 0.25) is 0 Å². The molecule has 0 spiro atoms. The van der Waals surface area contributed by atoms with Gasteiger partial charge in [-0.15, -0.1) is 0 Å². The lowest BCUT2D eigenvalue weighted by Crippen LogP contribution is -2.24. The number of rotatable bonds is 6. The molecule has 0 atom stereocenters. The van der Waals surface area contributed by atoms with Crippen molar-refractivity contribution in [2.75, 3.05) is 11.9 Å². The highest BCUT2D eigenvalue weighted by molar-refractivity contribution is 5.60. The third-order valence-corrected chi connectivity index (χ3v) is 5.30. The third-order valence-electron chi connectivity index (χ3n) is 5.30. The Kier molecular flexibility index (Phi) is 6.86. The predicted molar refractivity (Wildman–Crippen MR) is 121 cm³/mol. The van der Waals surface area contributed by atoms with Gasteiger partial charge in [0.2, 0.25) is 11.9 Å². The first kappa shape index (κ1) is 25.0. The number of alkyl halides is 3. The van der Waals surface area contributed by atoms with Gasteiger partial charge in [0.1, 0.15) is 5.82 Å². The number of anilines is 1. The maximum Gasteiger partial charge on any atom is 0.415 e. The van der Waals surface area contributed by atoms with Crippen molar-refractivity contribution in [2.24, 2.45) is 0 Å². The largest absolute Gasteiger partial charge is 0.415 e. The number of aryl methyl sites for hydroxylation is 1. The van der Waals surface area contributed by atoms with E-state index in [0.717, 1.165) is 17.7 Å². The SMILES string of the molecule is C=C(/C=C\N(C)c1cccc(C(C)(C)c2cc(C)cc(-c3ccc(F)nc3F)n2)n1)C(F)(F)F. The van der Waals surface area contributed by atoms with Crippen molar-refractivity contribution in [2.45, 2.75) is 32.4 Å². The zero-order chi connectivity index (χ0) is 25.3. The summed E-state index contributed by atoms with van der Waals surface area (Å²) in [6, 6.07) is 11.0. The molecule has 0 aromatic carbocycles. The summed E-state index contributed by atoms with van der Waals surface area (Å²) < 4.78 is 65.6. The quantitative estimate of drug-likeness (QED) is 0.232. The molecule has 0 aliphatic carbocycles. The van der Waals surface area contributed by atoms with Gasteiger partial charge in [0.25, 0.3) is 0 Å². The summed E-state index contributed by atoms with van der Waals surface area (Å²) in [4.78, 5) is 13.9. The van der Waals surface area contributed by atoms with E-state index in [1.54, 1.807) is 31.3 Å². The molecule has 3 heterocycles. The molecule has 0 saturated carbocycles. The highest BCUT2D eigenvalue weighted by Gasteiger charge is 2.30. The summed E-state index contributed by atoms with van der Waals surface area (Å²) in [7, 11) is 1.58. The number of nitrogens with zero attached hydrogens (tertiary/aromatic N) is 4. The molecule has 3 rings (SSSR count). The Hall–Kier alpha value is -3.62. The normalized spacial score (nSPS) is 12.3. The zero-order valence-electron chi connectivity index (χ0n) is 19.1. The minimum atomic E-state index is -4.51. The molecular weight excluding hydrogens is 451 g/mol. The van der Waals surface area contributed by atoms with E-state index in [4.69, 9.17) is 0 Å². The molecule has 34 heavy (non-hydrogen) atoms. The first-order valence-electron chi connectivity index (χ1n) is 10.3. The fourth-order valence-electron chi connectivity index (χ4n) is 3.20. The van der Waals surface area contributed by atoms with Crippen LogP contribution in [0.3, 0.4) is 0 Å². The van der Waals surface area contributed by atoms with Crippen LogP contribution >= 0.6 is 0 Å². The van der Waals surface area contributed by atoms with Crippen molar-refractivity contribution in [3.63, 3.8) is 0 Å². The van der Waals surface area contributed by atoms with Gasteiger partial charge < -0.3 is 4.90 Å². The summed E-state index contributed by atoms with van der Waals surface area (Å²) in [6.45, 7) is 8.61. The van der Waals surface area contributed by atoms with E-state index < -0.39 is 29.1 Å². The summed E-state index contributed by atoms with van der Waals surface area (Å²) >= 11 is 0. The van der Waals surface area contributed by atoms with Gasteiger partial charge in [-0.3, -0.25) is 4.98 Å². The number of aromatic nitrogens is 3.